The molecule has 0 radical (unpaired) electrons. The fraction of sp³-hybridized carbons (Fsp3) is 0.391. The van der Waals surface area contributed by atoms with E-state index in [1.54, 1.807) is 31.1 Å². The number of hydrogen-bond acceptors (Lipinski definition) is 5. The highest BCUT2D eigenvalue weighted by Gasteiger charge is 2.24. The number of amides is 1. The highest BCUT2D eigenvalue weighted by molar-refractivity contribution is 7.70. The van der Waals surface area contributed by atoms with Crippen molar-refractivity contribution in [1.29, 1.82) is 0 Å². The molecule has 1 atom stereocenters. The quantitative estimate of drug-likeness (QED) is 0.544. The third kappa shape index (κ3) is 4.57. The Morgan fingerprint density at radius 2 is 2.06 bits per heavy atom. The van der Waals surface area contributed by atoms with Crippen LogP contribution in [0.25, 0.3) is 10.9 Å². The van der Waals surface area contributed by atoms with Gasteiger partial charge in [0.25, 0.3) is 5.91 Å². The Kier molecular flexibility index (Phi) is 6.35. The first-order chi connectivity index (χ1) is 15.3. The summed E-state index contributed by atoms with van der Waals surface area (Å²) in [6, 6.07) is 10.0. The Morgan fingerprint density at radius 3 is 2.75 bits per heavy atom. The van der Waals surface area contributed by atoms with Gasteiger partial charge in [-0.15, -0.1) is 0 Å². The number of hydrogen-bond donors (Lipinski definition) is 2. The predicted octanol–water partition coefficient (Wildman–Crippen LogP) is 4.09. The molecule has 3 aromatic rings. The van der Waals surface area contributed by atoms with Crippen molar-refractivity contribution in [1.82, 2.24) is 15.1 Å². The van der Waals surface area contributed by atoms with Crippen LogP contribution in [-0.4, -0.2) is 42.7 Å². The van der Waals surface area contributed by atoms with Crippen LogP contribution in [-0.2, 0) is 15.8 Å². The zero-order chi connectivity index (χ0) is 22.9. The highest BCUT2D eigenvalue weighted by atomic mass is 31.2. The average Bonchev–Trinajstić information content (AvgIpc) is 3.16. The number of carbonyl (C=O) groups is 1. The summed E-state index contributed by atoms with van der Waals surface area (Å²) in [5.74, 6) is -0.642. The van der Waals surface area contributed by atoms with Gasteiger partial charge in [-0.3, -0.25) is 4.79 Å². The van der Waals surface area contributed by atoms with Crippen molar-refractivity contribution in [3.05, 3.63) is 53.5 Å². The first kappa shape index (κ1) is 22.5. The van der Waals surface area contributed by atoms with Crippen molar-refractivity contribution in [3.63, 3.8) is 0 Å². The number of halogens is 1. The number of anilines is 1. The Morgan fingerprint density at radius 1 is 1.25 bits per heavy atom. The van der Waals surface area contributed by atoms with Crippen LogP contribution in [0.4, 0.5) is 10.1 Å². The summed E-state index contributed by atoms with van der Waals surface area (Å²) in [5, 5.41) is 11.9. The Labute approximate surface area is 186 Å². The molecule has 2 aromatic carbocycles. The number of nitrogens with zero attached hydrogens (tertiary/aromatic N) is 2. The number of nitrogens with one attached hydrogen (secondary N) is 2. The summed E-state index contributed by atoms with van der Waals surface area (Å²) in [7, 11) is -0.985. The fourth-order valence-corrected chi connectivity index (χ4v) is 5.36. The molecule has 2 N–H and O–H groups in total. The molecule has 4 rings (SSSR count). The predicted molar refractivity (Wildman–Crippen MR) is 125 cm³/mol. The standard InChI is InChI=1S/C23H28FN4O3P/c1-25-23(29)22-18-13-17(8-9-19(18)28(27-22)21-6-4-5-11-31-21)26-14-15-12-16(24)7-10-20(15)32(2,3)30/h7-10,12-13,21,26H,4-6,11,14H2,1-3H3,(H,25,29). The van der Waals surface area contributed by atoms with Crippen molar-refractivity contribution in [3.8, 4) is 0 Å². The van der Waals surface area contributed by atoms with E-state index in [0.717, 1.165) is 30.5 Å². The van der Waals surface area contributed by atoms with Crippen LogP contribution < -0.4 is 15.9 Å². The van der Waals surface area contributed by atoms with Crippen LogP contribution in [0.5, 0.6) is 0 Å². The Balaban J connectivity index is 1.67. The van der Waals surface area contributed by atoms with Crippen LogP contribution in [0.1, 0.15) is 41.5 Å². The second-order valence-electron chi connectivity index (χ2n) is 8.40. The number of carbonyl (C=O) groups excluding carboxylic acids is 1. The van der Waals surface area contributed by atoms with Crippen molar-refractivity contribution in [2.45, 2.75) is 32.0 Å². The lowest BCUT2D eigenvalue weighted by Crippen LogP contribution is -2.21. The number of benzene rings is 2. The lowest BCUT2D eigenvalue weighted by atomic mass is 10.1. The first-order valence-electron chi connectivity index (χ1n) is 10.7. The molecule has 0 spiro atoms. The molecule has 1 fully saturated rings. The van der Waals surface area contributed by atoms with E-state index in [4.69, 9.17) is 4.74 Å². The van der Waals surface area contributed by atoms with Crippen molar-refractivity contribution in [2.75, 3.05) is 32.3 Å². The minimum atomic E-state index is -2.56. The monoisotopic (exact) mass is 458 g/mol. The molecule has 0 saturated carbocycles. The topological polar surface area (TPSA) is 85.2 Å². The molecule has 9 heteroatoms. The summed E-state index contributed by atoms with van der Waals surface area (Å²) >= 11 is 0. The zero-order valence-electron chi connectivity index (χ0n) is 18.5. The molecular formula is C23H28FN4O3P. The van der Waals surface area contributed by atoms with E-state index in [9.17, 15) is 13.8 Å². The molecule has 1 aromatic heterocycles. The van der Waals surface area contributed by atoms with Crippen molar-refractivity contribution in [2.24, 2.45) is 0 Å². The Bertz CT molecular complexity index is 1200. The SMILES string of the molecule is CNC(=O)c1nn(C2CCCCO2)c2ccc(NCc3cc(F)ccc3P(C)(C)=O)cc12. The van der Waals surface area contributed by atoms with Gasteiger partial charge in [-0.25, -0.2) is 9.07 Å². The summed E-state index contributed by atoms with van der Waals surface area (Å²) < 4.78 is 34.1. The van der Waals surface area contributed by atoms with Crippen LogP contribution in [0, 0.1) is 5.82 Å². The van der Waals surface area contributed by atoms with Gasteiger partial charge >= 0.3 is 0 Å². The summed E-state index contributed by atoms with van der Waals surface area (Å²) in [4.78, 5) is 12.5. The van der Waals surface area contributed by atoms with Gasteiger partial charge in [-0.05, 0) is 74.6 Å². The molecule has 0 aliphatic carbocycles. The number of aromatic nitrogens is 2. The smallest absolute Gasteiger partial charge is 0.272 e. The van der Waals surface area contributed by atoms with Crippen LogP contribution >= 0.6 is 7.14 Å². The van der Waals surface area contributed by atoms with E-state index in [2.05, 4.69) is 15.7 Å². The number of fused-ring (bicyclic) bond motifs is 1. The van der Waals surface area contributed by atoms with Gasteiger partial charge in [-0.2, -0.15) is 5.10 Å². The molecule has 7 nitrogen and oxygen atoms in total. The number of ether oxygens (including phenoxy) is 1. The van der Waals surface area contributed by atoms with Gasteiger partial charge in [-0.1, -0.05) is 0 Å². The molecule has 1 aliphatic heterocycles. The molecule has 170 valence electrons. The maximum Gasteiger partial charge on any atom is 0.272 e. The van der Waals surface area contributed by atoms with Gasteiger partial charge in [0, 0.05) is 36.6 Å². The average molecular weight is 458 g/mol. The summed E-state index contributed by atoms with van der Waals surface area (Å²) in [5.41, 5.74) is 2.55. The molecule has 32 heavy (non-hydrogen) atoms. The van der Waals surface area contributed by atoms with Crippen LogP contribution in [0.3, 0.4) is 0 Å². The van der Waals surface area contributed by atoms with E-state index in [0.29, 0.717) is 35.1 Å². The van der Waals surface area contributed by atoms with Gasteiger partial charge in [0.1, 0.15) is 13.0 Å². The minimum Gasteiger partial charge on any atom is -0.381 e. The van der Waals surface area contributed by atoms with Crippen LogP contribution in [0.15, 0.2) is 36.4 Å². The second-order valence-corrected chi connectivity index (χ2v) is 11.6. The molecule has 1 unspecified atom stereocenters. The maximum atomic E-state index is 13.8. The molecule has 1 saturated heterocycles. The molecule has 2 heterocycles. The largest absolute Gasteiger partial charge is 0.381 e. The van der Waals surface area contributed by atoms with E-state index >= 15 is 0 Å². The Hall–Kier alpha value is -2.70. The van der Waals surface area contributed by atoms with E-state index in [-0.39, 0.29) is 18.0 Å². The fourth-order valence-electron chi connectivity index (χ4n) is 4.09. The summed E-state index contributed by atoms with van der Waals surface area (Å²) in [6.45, 7) is 4.33. The first-order valence-corrected chi connectivity index (χ1v) is 13.3. The minimum absolute atomic E-state index is 0.193. The molecule has 1 amide bonds. The van der Waals surface area contributed by atoms with E-state index in [1.807, 2.05) is 18.2 Å². The summed E-state index contributed by atoms with van der Waals surface area (Å²) in [6.07, 6.45) is 2.73. The zero-order valence-corrected chi connectivity index (χ0v) is 19.4. The normalized spacial score (nSPS) is 16.8. The number of rotatable bonds is 6. The maximum absolute atomic E-state index is 13.8. The van der Waals surface area contributed by atoms with E-state index < -0.39 is 7.14 Å². The second kappa shape index (κ2) is 9.04. The van der Waals surface area contributed by atoms with Crippen molar-refractivity contribution < 1.29 is 18.5 Å². The lowest BCUT2D eigenvalue weighted by molar-refractivity contribution is -0.0368. The van der Waals surface area contributed by atoms with E-state index in [1.165, 1.54) is 12.1 Å². The highest BCUT2D eigenvalue weighted by Crippen LogP contribution is 2.36. The van der Waals surface area contributed by atoms with Gasteiger partial charge in [0.05, 0.1) is 5.52 Å². The third-order valence-corrected chi connectivity index (χ3v) is 7.28. The lowest BCUT2D eigenvalue weighted by Gasteiger charge is -2.23. The van der Waals surface area contributed by atoms with Crippen molar-refractivity contribution >= 4 is 34.9 Å². The molecule has 0 bridgehead atoms. The molecule has 1 aliphatic rings. The van der Waals surface area contributed by atoms with Gasteiger partial charge < -0.3 is 19.9 Å². The van der Waals surface area contributed by atoms with Gasteiger partial charge in [0.15, 0.2) is 11.9 Å². The van der Waals surface area contributed by atoms with Crippen LogP contribution in [0.2, 0.25) is 0 Å². The third-order valence-electron chi connectivity index (χ3n) is 5.68. The molecular weight excluding hydrogens is 430 g/mol. The van der Waals surface area contributed by atoms with Gasteiger partial charge in [0.2, 0.25) is 0 Å².